The molecule has 6 heteroatoms. The highest BCUT2D eigenvalue weighted by Gasteiger charge is 2.42. The first kappa shape index (κ1) is 35.5. The molecule has 12 rings (SSSR count). The van der Waals surface area contributed by atoms with Gasteiger partial charge in [0, 0.05) is 38.3 Å². The van der Waals surface area contributed by atoms with Crippen LogP contribution >= 0.6 is 0 Å². The number of hydrogen-bond donors (Lipinski definition) is 0. The summed E-state index contributed by atoms with van der Waals surface area (Å²) in [4.78, 5) is 0. The summed E-state index contributed by atoms with van der Waals surface area (Å²) in [5.41, 5.74) is 9.11. The first-order valence-electron chi connectivity index (χ1n) is 20.7. The van der Waals surface area contributed by atoms with Gasteiger partial charge in [-0.25, -0.2) is 0 Å². The molecule has 0 aliphatic heterocycles. The lowest BCUT2D eigenvalue weighted by Gasteiger charge is -2.35. The number of benzene rings is 9. The van der Waals surface area contributed by atoms with Gasteiger partial charge >= 0.3 is 0 Å². The second-order valence-electron chi connectivity index (χ2n) is 15.9. The Morgan fingerprint density at radius 2 is 0.935 bits per heavy atom. The molecule has 0 aliphatic carbocycles. The predicted molar refractivity (Wildman–Crippen MR) is 255 cm³/mol. The SMILES string of the molecule is N#Cc1cc(-n2c3ccccc3c3cc(C#N)ccc32)cc([Si](c2ccccc2)(c2ccccc2)c2ccc(-n3c4ccccc4c4c5oc6ccccc6c5ccc43)cc2)c1. The molecule has 0 saturated carbocycles. The van der Waals surface area contributed by atoms with Crippen molar-refractivity contribution in [3.63, 3.8) is 0 Å². The maximum absolute atomic E-state index is 10.8. The normalized spacial score (nSPS) is 11.8. The van der Waals surface area contributed by atoms with Gasteiger partial charge in [-0.3, -0.25) is 0 Å². The van der Waals surface area contributed by atoms with Gasteiger partial charge in [-0.2, -0.15) is 10.5 Å². The second kappa shape index (κ2) is 13.8. The van der Waals surface area contributed by atoms with Crippen LogP contribution in [-0.4, -0.2) is 17.2 Å². The molecular weight excluding hydrogens is 773 g/mol. The minimum Gasteiger partial charge on any atom is -0.455 e. The van der Waals surface area contributed by atoms with E-state index in [0.717, 1.165) is 82.1 Å². The van der Waals surface area contributed by atoms with Crippen LogP contribution in [0.2, 0.25) is 0 Å². The Bertz CT molecular complexity index is 3790. The molecule has 12 aromatic rings. The van der Waals surface area contributed by atoms with Gasteiger partial charge in [0.1, 0.15) is 11.2 Å². The van der Waals surface area contributed by atoms with E-state index in [-0.39, 0.29) is 0 Å². The minimum atomic E-state index is -3.14. The first-order chi connectivity index (χ1) is 30.6. The minimum absolute atomic E-state index is 0.583. The summed E-state index contributed by atoms with van der Waals surface area (Å²) < 4.78 is 11.2. The molecule has 0 bridgehead atoms. The van der Waals surface area contributed by atoms with Crippen molar-refractivity contribution >= 4 is 94.4 Å². The van der Waals surface area contributed by atoms with E-state index in [4.69, 9.17) is 4.42 Å². The van der Waals surface area contributed by atoms with Crippen LogP contribution in [0.1, 0.15) is 11.1 Å². The molecule has 0 saturated heterocycles. The third kappa shape index (κ3) is 5.12. The van der Waals surface area contributed by atoms with Crippen molar-refractivity contribution in [3.8, 4) is 23.5 Å². The smallest absolute Gasteiger partial charge is 0.179 e. The van der Waals surface area contributed by atoms with E-state index in [1.165, 1.54) is 15.6 Å². The summed E-state index contributed by atoms with van der Waals surface area (Å²) >= 11 is 0. The third-order valence-corrected chi connectivity index (χ3v) is 17.4. The monoisotopic (exact) mass is 806 g/mol. The maximum atomic E-state index is 10.8. The van der Waals surface area contributed by atoms with Crippen molar-refractivity contribution in [2.45, 2.75) is 0 Å². The Hall–Kier alpha value is -8.42. The molecule has 5 nitrogen and oxygen atoms in total. The van der Waals surface area contributed by atoms with Gasteiger partial charge in [0.05, 0.1) is 50.7 Å². The number of para-hydroxylation sites is 3. The van der Waals surface area contributed by atoms with Crippen LogP contribution < -0.4 is 20.7 Å². The average molecular weight is 807 g/mol. The van der Waals surface area contributed by atoms with E-state index in [0.29, 0.717) is 11.1 Å². The fraction of sp³-hybridized carbons (Fsp3) is 0. The van der Waals surface area contributed by atoms with Crippen LogP contribution in [0.25, 0.3) is 76.9 Å². The fourth-order valence-electron chi connectivity index (χ4n) is 10.1. The predicted octanol–water partition coefficient (Wildman–Crippen LogP) is 10.9. The van der Waals surface area contributed by atoms with Gasteiger partial charge < -0.3 is 13.6 Å². The third-order valence-electron chi connectivity index (χ3n) is 12.7. The van der Waals surface area contributed by atoms with Crippen LogP contribution in [0.3, 0.4) is 0 Å². The van der Waals surface area contributed by atoms with Crippen molar-refractivity contribution < 1.29 is 4.42 Å². The van der Waals surface area contributed by atoms with Gasteiger partial charge in [-0.05, 0) is 99.6 Å². The lowest BCUT2D eigenvalue weighted by Crippen LogP contribution is -2.74. The zero-order chi connectivity index (χ0) is 41.4. The molecule has 0 spiro atoms. The molecule has 0 fully saturated rings. The molecule has 0 atom stereocenters. The molecule has 9 aromatic carbocycles. The molecule has 0 N–H and O–H groups in total. The Morgan fingerprint density at radius 3 is 1.65 bits per heavy atom. The molecule has 0 amide bonds. The molecule has 62 heavy (non-hydrogen) atoms. The highest BCUT2D eigenvalue weighted by molar-refractivity contribution is 7.20. The molecule has 288 valence electrons. The van der Waals surface area contributed by atoms with Crippen molar-refractivity contribution in [2.75, 3.05) is 0 Å². The van der Waals surface area contributed by atoms with E-state index in [1.807, 2.05) is 48.5 Å². The quantitative estimate of drug-likeness (QED) is 0.124. The summed E-state index contributed by atoms with van der Waals surface area (Å²) in [5.74, 6) is 0. The Labute approximate surface area is 357 Å². The number of rotatable bonds is 6. The van der Waals surface area contributed by atoms with E-state index in [2.05, 4.69) is 179 Å². The van der Waals surface area contributed by atoms with Crippen LogP contribution in [0, 0.1) is 22.7 Å². The molecule has 3 aromatic heterocycles. The topological polar surface area (TPSA) is 70.6 Å². The van der Waals surface area contributed by atoms with Gasteiger partial charge in [-0.15, -0.1) is 0 Å². The van der Waals surface area contributed by atoms with E-state index in [9.17, 15) is 10.5 Å². The van der Waals surface area contributed by atoms with Crippen LogP contribution in [-0.2, 0) is 0 Å². The molecular formula is C56H34N4OSi. The number of aromatic nitrogens is 2. The number of furan rings is 1. The summed E-state index contributed by atoms with van der Waals surface area (Å²) in [6.07, 6.45) is 0. The molecule has 3 heterocycles. The number of nitrogens with zero attached hydrogens (tertiary/aromatic N) is 4. The lowest BCUT2D eigenvalue weighted by atomic mass is 10.1. The van der Waals surface area contributed by atoms with E-state index >= 15 is 0 Å². The molecule has 0 unspecified atom stereocenters. The summed E-state index contributed by atoms with van der Waals surface area (Å²) in [6, 6.07) is 77.5. The van der Waals surface area contributed by atoms with Gasteiger partial charge in [0.2, 0.25) is 0 Å². The van der Waals surface area contributed by atoms with E-state index < -0.39 is 8.07 Å². The van der Waals surface area contributed by atoms with Crippen molar-refractivity contribution in [2.24, 2.45) is 0 Å². The fourth-order valence-corrected chi connectivity index (χ4v) is 14.9. The van der Waals surface area contributed by atoms with Crippen LogP contribution in [0.4, 0.5) is 0 Å². The zero-order valence-corrected chi connectivity index (χ0v) is 34.3. The number of hydrogen-bond acceptors (Lipinski definition) is 3. The number of fused-ring (bicyclic) bond motifs is 10. The molecule has 0 radical (unpaired) electrons. The van der Waals surface area contributed by atoms with Gasteiger partial charge in [-0.1, -0.05) is 127 Å². The van der Waals surface area contributed by atoms with Crippen LogP contribution in [0.5, 0.6) is 0 Å². The average Bonchev–Trinajstić information content (AvgIpc) is 4.00. The summed E-state index contributed by atoms with van der Waals surface area (Å²) in [6.45, 7) is 0. The largest absolute Gasteiger partial charge is 0.455 e. The molecule has 0 aliphatic rings. The van der Waals surface area contributed by atoms with Gasteiger partial charge in [0.25, 0.3) is 0 Å². The lowest BCUT2D eigenvalue weighted by molar-refractivity contribution is 0.673. The zero-order valence-electron chi connectivity index (χ0n) is 33.3. The van der Waals surface area contributed by atoms with Gasteiger partial charge in [0.15, 0.2) is 8.07 Å². The van der Waals surface area contributed by atoms with Crippen molar-refractivity contribution in [1.82, 2.24) is 9.13 Å². The maximum Gasteiger partial charge on any atom is 0.179 e. The highest BCUT2D eigenvalue weighted by atomic mass is 28.3. The van der Waals surface area contributed by atoms with Crippen molar-refractivity contribution in [1.29, 1.82) is 10.5 Å². The second-order valence-corrected chi connectivity index (χ2v) is 19.7. The Balaban J connectivity index is 1.12. The van der Waals surface area contributed by atoms with E-state index in [1.54, 1.807) is 0 Å². The number of nitriles is 2. The summed E-state index contributed by atoms with van der Waals surface area (Å²) in [5, 5.41) is 31.9. The Morgan fingerprint density at radius 1 is 0.371 bits per heavy atom. The van der Waals surface area contributed by atoms with Crippen LogP contribution in [0.15, 0.2) is 211 Å². The van der Waals surface area contributed by atoms with Crippen molar-refractivity contribution in [3.05, 3.63) is 217 Å². The standard InChI is InChI=1S/C56H34N4OSi/c57-35-37-23-29-52-49(33-37)45-17-7-10-20-50(45)60(52)40-31-38(36-58)32-44(34-40)62(41-13-3-1-4-14-41,42-15-5-2-6-16-42)43-26-24-39(25-27-43)59-51-21-11-8-19-48(51)55-53(59)30-28-47-46-18-9-12-22-54(46)61-56(47)55/h1-34H. The summed E-state index contributed by atoms with van der Waals surface area (Å²) in [7, 11) is -3.14. The highest BCUT2D eigenvalue weighted by Crippen LogP contribution is 2.40. The first-order valence-corrected chi connectivity index (χ1v) is 22.7. The Kier molecular flexibility index (Phi) is 7.92.